The highest BCUT2D eigenvalue weighted by molar-refractivity contribution is 6.30. The number of carbonyl (C=O) groups is 1. The third-order valence-corrected chi connectivity index (χ3v) is 5.89. The molecule has 5 heteroatoms. The molecule has 0 saturated carbocycles. The summed E-state index contributed by atoms with van der Waals surface area (Å²) in [6, 6.07) is 6.17. The van der Waals surface area contributed by atoms with Crippen molar-refractivity contribution in [2.75, 3.05) is 39.4 Å². The highest BCUT2D eigenvalue weighted by atomic mass is 35.5. The fourth-order valence-electron chi connectivity index (χ4n) is 4.40. The van der Waals surface area contributed by atoms with Crippen molar-refractivity contribution in [3.63, 3.8) is 0 Å². The number of nitrogens with zero attached hydrogens (tertiary/aromatic N) is 2. The molecule has 1 aliphatic carbocycles. The Labute approximate surface area is 148 Å². The predicted octanol–water partition coefficient (Wildman–Crippen LogP) is 2.69. The van der Waals surface area contributed by atoms with Crippen LogP contribution in [0.15, 0.2) is 18.2 Å². The van der Waals surface area contributed by atoms with Gasteiger partial charge in [0.25, 0.3) is 0 Å². The molecule has 3 aliphatic rings. The molecule has 4 nitrogen and oxygen atoms in total. The minimum Gasteiger partial charge on any atom is -0.377 e. The molecule has 0 N–H and O–H groups in total. The minimum atomic E-state index is -0.00329. The van der Waals surface area contributed by atoms with Crippen molar-refractivity contribution in [3.05, 3.63) is 34.3 Å². The lowest BCUT2D eigenvalue weighted by Crippen LogP contribution is -2.54. The van der Waals surface area contributed by atoms with E-state index in [4.69, 9.17) is 16.3 Å². The first-order valence-corrected chi connectivity index (χ1v) is 9.49. The molecule has 2 heterocycles. The summed E-state index contributed by atoms with van der Waals surface area (Å²) in [5.74, 6) is 0.278. The van der Waals surface area contributed by atoms with Crippen LogP contribution in [0, 0.1) is 0 Å². The minimum absolute atomic E-state index is 0.00329. The van der Waals surface area contributed by atoms with Gasteiger partial charge in [-0.1, -0.05) is 17.7 Å². The Morgan fingerprint density at radius 3 is 2.92 bits per heavy atom. The molecule has 0 bridgehead atoms. The quantitative estimate of drug-likeness (QED) is 0.842. The Morgan fingerprint density at radius 1 is 1.25 bits per heavy atom. The van der Waals surface area contributed by atoms with Gasteiger partial charge < -0.3 is 14.5 Å². The molecule has 4 rings (SSSR count). The van der Waals surface area contributed by atoms with Crippen molar-refractivity contribution in [1.82, 2.24) is 9.80 Å². The first-order chi connectivity index (χ1) is 11.7. The van der Waals surface area contributed by atoms with Gasteiger partial charge in [-0.25, -0.2) is 0 Å². The molecular weight excluding hydrogens is 324 g/mol. The van der Waals surface area contributed by atoms with E-state index in [-0.39, 0.29) is 17.9 Å². The molecule has 130 valence electrons. The summed E-state index contributed by atoms with van der Waals surface area (Å²) in [6.45, 7) is 5.31. The van der Waals surface area contributed by atoms with Gasteiger partial charge >= 0.3 is 0 Å². The zero-order valence-corrected chi connectivity index (χ0v) is 14.8. The van der Waals surface area contributed by atoms with Crippen LogP contribution in [-0.4, -0.2) is 61.1 Å². The molecule has 1 amide bonds. The number of carbonyl (C=O) groups excluding carboxylic acids is 1. The average Bonchev–Trinajstić information content (AvgIpc) is 3.24. The number of fused-ring (bicyclic) bond motifs is 1. The lowest BCUT2D eigenvalue weighted by atomic mass is 9.98. The van der Waals surface area contributed by atoms with Crippen LogP contribution in [-0.2, 0) is 16.0 Å². The summed E-state index contributed by atoms with van der Waals surface area (Å²) in [5.41, 5.74) is 2.42. The van der Waals surface area contributed by atoms with Crippen LogP contribution in [0.5, 0.6) is 0 Å². The standard InChI is InChI=1S/C19H25ClN2O2/c20-15-4-6-17-14(11-15)3-5-18(17)19(23)22-9-10-24-13-16(22)12-21-7-1-2-8-21/h4,6,11,16,18H,1-3,5,7-10,12-13H2. The Morgan fingerprint density at radius 2 is 2.08 bits per heavy atom. The average molecular weight is 349 g/mol. The maximum Gasteiger partial charge on any atom is 0.230 e. The van der Waals surface area contributed by atoms with E-state index < -0.39 is 0 Å². The zero-order chi connectivity index (χ0) is 16.5. The van der Waals surface area contributed by atoms with Crippen LogP contribution in [0.2, 0.25) is 5.02 Å². The lowest BCUT2D eigenvalue weighted by molar-refractivity contribution is -0.142. The largest absolute Gasteiger partial charge is 0.377 e. The van der Waals surface area contributed by atoms with E-state index in [9.17, 15) is 4.79 Å². The van der Waals surface area contributed by atoms with Gasteiger partial charge in [0.15, 0.2) is 0 Å². The third kappa shape index (κ3) is 3.19. The second-order valence-electron chi connectivity index (χ2n) is 7.20. The predicted molar refractivity (Wildman–Crippen MR) is 94.5 cm³/mol. The Kier molecular flexibility index (Phi) is 4.79. The summed E-state index contributed by atoms with van der Waals surface area (Å²) >= 11 is 6.10. The van der Waals surface area contributed by atoms with Gasteiger partial charge in [-0.3, -0.25) is 4.79 Å². The van der Waals surface area contributed by atoms with E-state index in [1.54, 1.807) is 0 Å². The van der Waals surface area contributed by atoms with Crippen molar-refractivity contribution >= 4 is 17.5 Å². The summed E-state index contributed by atoms with van der Waals surface area (Å²) in [7, 11) is 0. The number of halogens is 1. The van der Waals surface area contributed by atoms with Gasteiger partial charge in [0, 0.05) is 18.1 Å². The summed E-state index contributed by atoms with van der Waals surface area (Å²) in [6.07, 6.45) is 4.41. The molecule has 0 aromatic heterocycles. The number of likely N-dealkylation sites (tertiary alicyclic amines) is 1. The topological polar surface area (TPSA) is 32.8 Å². The fraction of sp³-hybridized carbons (Fsp3) is 0.632. The van der Waals surface area contributed by atoms with E-state index in [1.165, 1.54) is 24.0 Å². The maximum atomic E-state index is 13.3. The zero-order valence-electron chi connectivity index (χ0n) is 14.0. The number of ether oxygens (including phenoxy) is 1. The van der Waals surface area contributed by atoms with Crippen molar-refractivity contribution in [2.45, 2.75) is 37.6 Å². The van der Waals surface area contributed by atoms with E-state index in [2.05, 4.69) is 9.80 Å². The van der Waals surface area contributed by atoms with Gasteiger partial charge in [0.2, 0.25) is 5.91 Å². The van der Waals surface area contributed by atoms with Crippen molar-refractivity contribution < 1.29 is 9.53 Å². The molecular formula is C19H25ClN2O2. The summed E-state index contributed by atoms with van der Waals surface area (Å²) in [4.78, 5) is 17.8. The van der Waals surface area contributed by atoms with Crippen molar-refractivity contribution in [2.24, 2.45) is 0 Å². The molecule has 2 aliphatic heterocycles. The Hall–Kier alpha value is -1.10. The second-order valence-corrected chi connectivity index (χ2v) is 7.64. The van der Waals surface area contributed by atoms with Gasteiger partial charge in [-0.2, -0.15) is 0 Å². The number of amides is 1. The first kappa shape index (κ1) is 16.4. The van der Waals surface area contributed by atoms with Gasteiger partial charge in [-0.15, -0.1) is 0 Å². The first-order valence-electron chi connectivity index (χ1n) is 9.11. The molecule has 2 fully saturated rings. The van der Waals surface area contributed by atoms with Crippen molar-refractivity contribution in [3.8, 4) is 0 Å². The van der Waals surface area contributed by atoms with Gasteiger partial charge in [0.1, 0.15) is 0 Å². The van der Waals surface area contributed by atoms with Gasteiger partial charge in [0.05, 0.1) is 25.2 Å². The summed E-state index contributed by atoms with van der Waals surface area (Å²) < 4.78 is 5.68. The van der Waals surface area contributed by atoms with Crippen LogP contribution >= 0.6 is 11.6 Å². The monoisotopic (exact) mass is 348 g/mol. The lowest BCUT2D eigenvalue weighted by Gasteiger charge is -2.39. The van der Waals surface area contributed by atoms with Crippen LogP contribution in [0.3, 0.4) is 0 Å². The smallest absolute Gasteiger partial charge is 0.230 e. The highest BCUT2D eigenvalue weighted by Crippen LogP contribution is 2.36. The highest BCUT2D eigenvalue weighted by Gasteiger charge is 2.36. The van der Waals surface area contributed by atoms with E-state index in [0.29, 0.717) is 13.2 Å². The number of hydrogen-bond acceptors (Lipinski definition) is 3. The second kappa shape index (κ2) is 7.03. The normalized spacial score (nSPS) is 27.5. The molecule has 24 heavy (non-hydrogen) atoms. The molecule has 2 saturated heterocycles. The number of aryl methyl sites for hydroxylation is 1. The molecule has 2 unspecified atom stereocenters. The van der Waals surface area contributed by atoms with Crippen molar-refractivity contribution in [1.29, 1.82) is 0 Å². The third-order valence-electron chi connectivity index (χ3n) is 5.66. The van der Waals surface area contributed by atoms with E-state index >= 15 is 0 Å². The molecule has 0 spiro atoms. The molecule has 1 aromatic rings. The molecule has 2 atom stereocenters. The van der Waals surface area contributed by atoms with Gasteiger partial charge in [-0.05, 0) is 62.0 Å². The summed E-state index contributed by atoms with van der Waals surface area (Å²) in [5, 5.41) is 0.764. The number of hydrogen-bond donors (Lipinski definition) is 0. The number of morpholine rings is 1. The van der Waals surface area contributed by atoms with Crippen LogP contribution in [0.4, 0.5) is 0 Å². The Balaban J connectivity index is 1.50. The maximum absolute atomic E-state index is 13.3. The fourth-order valence-corrected chi connectivity index (χ4v) is 4.60. The number of rotatable bonds is 3. The van der Waals surface area contributed by atoms with E-state index in [1.807, 2.05) is 18.2 Å². The number of benzene rings is 1. The van der Waals surface area contributed by atoms with Crippen LogP contribution < -0.4 is 0 Å². The van der Waals surface area contributed by atoms with Crippen LogP contribution in [0.1, 0.15) is 36.3 Å². The molecule has 0 radical (unpaired) electrons. The van der Waals surface area contributed by atoms with Crippen LogP contribution in [0.25, 0.3) is 0 Å². The Bertz CT molecular complexity index is 615. The SMILES string of the molecule is O=C(C1CCc2cc(Cl)ccc21)N1CCOCC1CN1CCCC1. The van der Waals surface area contributed by atoms with E-state index in [0.717, 1.165) is 44.0 Å². The molecule has 1 aromatic carbocycles.